The molecule has 0 fully saturated rings. The molecule has 1 atom stereocenters. The summed E-state index contributed by atoms with van der Waals surface area (Å²) in [5, 5.41) is 5.03. The number of rotatable bonds is 8. The molecule has 0 radical (unpaired) electrons. The summed E-state index contributed by atoms with van der Waals surface area (Å²) in [4.78, 5) is 44.8. The first-order chi connectivity index (χ1) is 23.5. The minimum Gasteiger partial charge on any atom is -0.493 e. The van der Waals surface area contributed by atoms with Crippen molar-refractivity contribution >= 4 is 29.4 Å². The standard InChI is InChI=1S/C38H36N4O6S/c1-8-47-37(45)33-24(5)39-38-42(35(33)26-14-15-29(48-25(6)43)30(18-26)46-7)36(44)31(49-38)19-27-20-41(28-12-10-9-11-13-28)40-34(27)32-22(3)16-21(2)17-23(32)4/h9-20,35H,8H2,1-7H3/b31-19-/t35-/m1/s1. The van der Waals surface area contributed by atoms with Crippen LogP contribution >= 0.6 is 11.3 Å². The number of aromatic nitrogens is 3. The number of carbonyl (C=O) groups excluding carboxylic acids is 2. The molecule has 0 unspecified atom stereocenters. The highest BCUT2D eigenvalue weighted by atomic mass is 32.1. The fraction of sp³-hybridized carbons (Fsp3) is 0.237. The topological polar surface area (TPSA) is 114 Å². The van der Waals surface area contributed by atoms with Crippen LogP contribution in [-0.4, -0.2) is 40.0 Å². The van der Waals surface area contributed by atoms with Gasteiger partial charge >= 0.3 is 11.9 Å². The Labute approximate surface area is 287 Å². The summed E-state index contributed by atoms with van der Waals surface area (Å²) in [6.07, 6.45) is 3.77. The minimum atomic E-state index is -0.883. The van der Waals surface area contributed by atoms with Gasteiger partial charge in [0.05, 0.1) is 41.2 Å². The molecule has 11 heteroatoms. The van der Waals surface area contributed by atoms with Gasteiger partial charge in [0.15, 0.2) is 16.3 Å². The minimum absolute atomic E-state index is 0.146. The molecule has 10 nitrogen and oxygen atoms in total. The van der Waals surface area contributed by atoms with Crippen LogP contribution in [0, 0.1) is 20.8 Å². The highest BCUT2D eigenvalue weighted by molar-refractivity contribution is 7.07. The molecule has 5 aromatic rings. The molecule has 0 aliphatic carbocycles. The SMILES string of the molecule is CCOC(=O)C1=C(C)N=c2s/c(=C\c3cn(-c4ccccc4)nc3-c3c(C)cc(C)cc3C)c(=O)n2[C@@H]1c1ccc(OC(C)=O)c(OC)c1. The number of hydrogen-bond acceptors (Lipinski definition) is 9. The van der Waals surface area contributed by atoms with Gasteiger partial charge in [-0.05, 0) is 81.7 Å². The average molecular weight is 677 g/mol. The zero-order chi connectivity index (χ0) is 35.0. The number of esters is 2. The Bertz CT molecular complexity index is 2310. The van der Waals surface area contributed by atoms with Gasteiger partial charge in [0.1, 0.15) is 5.69 Å². The predicted octanol–water partition coefficient (Wildman–Crippen LogP) is 5.51. The zero-order valence-corrected chi connectivity index (χ0v) is 29.2. The molecule has 250 valence electrons. The summed E-state index contributed by atoms with van der Waals surface area (Å²) < 4.78 is 20.0. The van der Waals surface area contributed by atoms with Crippen molar-refractivity contribution in [3.63, 3.8) is 0 Å². The van der Waals surface area contributed by atoms with Crippen LogP contribution < -0.4 is 24.4 Å². The van der Waals surface area contributed by atoms with Crippen molar-refractivity contribution in [2.24, 2.45) is 4.99 Å². The number of thiazole rings is 1. The van der Waals surface area contributed by atoms with Gasteiger partial charge in [-0.25, -0.2) is 14.5 Å². The quantitative estimate of drug-likeness (QED) is 0.157. The summed E-state index contributed by atoms with van der Waals surface area (Å²) in [6.45, 7) is 11.1. The van der Waals surface area contributed by atoms with Gasteiger partial charge in [-0.15, -0.1) is 0 Å². The van der Waals surface area contributed by atoms with Gasteiger partial charge in [0.2, 0.25) is 0 Å². The lowest BCUT2D eigenvalue weighted by atomic mass is 9.95. The molecule has 0 N–H and O–H groups in total. The first kappa shape index (κ1) is 33.4. The number of benzene rings is 3. The van der Waals surface area contributed by atoms with Crippen molar-refractivity contribution in [3.05, 3.63) is 126 Å². The Balaban J connectivity index is 1.59. The molecule has 6 rings (SSSR count). The maximum Gasteiger partial charge on any atom is 0.338 e. The number of fused-ring (bicyclic) bond motifs is 1. The van der Waals surface area contributed by atoms with Crippen molar-refractivity contribution in [3.8, 4) is 28.4 Å². The molecule has 1 aliphatic heterocycles. The van der Waals surface area contributed by atoms with Crippen LogP contribution in [0.3, 0.4) is 0 Å². The fourth-order valence-corrected chi connectivity index (χ4v) is 7.33. The van der Waals surface area contributed by atoms with E-state index in [1.807, 2.05) is 47.3 Å². The number of carbonyl (C=O) groups is 2. The molecule has 3 aromatic carbocycles. The Morgan fingerprint density at radius 3 is 2.35 bits per heavy atom. The van der Waals surface area contributed by atoms with Gasteiger partial charge in [-0.1, -0.05) is 53.3 Å². The predicted molar refractivity (Wildman–Crippen MR) is 188 cm³/mol. The van der Waals surface area contributed by atoms with Crippen LogP contribution in [0.15, 0.2) is 87.9 Å². The number of aryl methyl sites for hydroxylation is 3. The molecule has 0 spiro atoms. The first-order valence-electron chi connectivity index (χ1n) is 15.8. The third kappa shape index (κ3) is 6.37. The van der Waals surface area contributed by atoms with E-state index in [0.29, 0.717) is 20.6 Å². The summed E-state index contributed by atoms with van der Waals surface area (Å²) in [7, 11) is 1.45. The van der Waals surface area contributed by atoms with Crippen molar-refractivity contribution in [2.45, 2.75) is 47.6 Å². The van der Waals surface area contributed by atoms with E-state index in [0.717, 1.165) is 39.2 Å². The number of nitrogens with zero attached hydrogens (tertiary/aromatic N) is 4. The van der Waals surface area contributed by atoms with E-state index in [1.54, 1.807) is 32.0 Å². The highest BCUT2D eigenvalue weighted by Crippen LogP contribution is 2.36. The van der Waals surface area contributed by atoms with Crippen molar-refractivity contribution in [1.29, 1.82) is 0 Å². The maximum absolute atomic E-state index is 14.5. The molecule has 0 amide bonds. The van der Waals surface area contributed by atoms with Gasteiger partial charge in [-0.2, -0.15) is 5.10 Å². The Morgan fingerprint density at radius 1 is 0.980 bits per heavy atom. The maximum atomic E-state index is 14.5. The number of allylic oxidation sites excluding steroid dienone is 1. The molecular weight excluding hydrogens is 641 g/mol. The van der Waals surface area contributed by atoms with E-state index in [9.17, 15) is 14.4 Å². The van der Waals surface area contributed by atoms with Crippen molar-refractivity contribution < 1.29 is 23.8 Å². The van der Waals surface area contributed by atoms with Crippen LogP contribution in [0.25, 0.3) is 23.0 Å². The third-order valence-corrected chi connectivity index (χ3v) is 9.22. The van der Waals surface area contributed by atoms with Crippen LogP contribution in [0.2, 0.25) is 0 Å². The van der Waals surface area contributed by atoms with E-state index in [1.165, 1.54) is 29.9 Å². The molecule has 0 saturated carbocycles. The summed E-state index contributed by atoms with van der Waals surface area (Å²) in [5.74, 6) is -0.598. The van der Waals surface area contributed by atoms with Gasteiger partial charge < -0.3 is 14.2 Å². The largest absolute Gasteiger partial charge is 0.493 e. The third-order valence-electron chi connectivity index (χ3n) is 8.24. The normalized spacial score (nSPS) is 14.3. The second-order valence-corrected chi connectivity index (χ2v) is 12.8. The lowest BCUT2D eigenvalue weighted by molar-refractivity contribution is -0.139. The number of para-hydroxylation sites is 1. The van der Waals surface area contributed by atoms with E-state index in [-0.39, 0.29) is 29.2 Å². The summed E-state index contributed by atoms with van der Waals surface area (Å²) in [6, 6.07) is 18.1. The lowest BCUT2D eigenvalue weighted by Crippen LogP contribution is -2.40. The van der Waals surface area contributed by atoms with E-state index in [2.05, 4.69) is 32.9 Å². The number of methoxy groups -OCH3 is 1. The molecule has 49 heavy (non-hydrogen) atoms. The molecule has 2 aromatic heterocycles. The van der Waals surface area contributed by atoms with Crippen LogP contribution in [0.1, 0.15) is 54.6 Å². The molecular formula is C38H36N4O6S. The van der Waals surface area contributed by atoms with E-state index in [4.69, 9.17) is 24.3 Å². The Morgan fingerprint density at radius 2 is 1.69 bits per heavy atom. The monoisotopic (exact) mass is 676 g/mol. The van der Waals surface area contributed by atoms with Gasteiger partial charge in [-0.3, -0.25) is 14.2 Å². The highest BCUT2D eigenvalue weighted by Gasteiger charge is 2.34. The second kappa shape index (κ2) is 13.5. The Hall–Kier alpha value is -5.55. The van der Waals surface area contributed by atoms with Gasteiger partial charge in [0, 0.05) is 24.2 Å². The Kier molecular flexibility index (Phi) is 9.20. The lowest BCUT2D eigenvalue weighted by Gasteiger charge is -2.25. The second-order valence-electron chi connectivity index (χ2n) is 11.8. The van der Waals surface area contributed by atoms with Crippen LogP contribution in [-0.2, 0) is 14.3 Å². The van der Waals surface area contributed by atoms with E-state index >= 15 is 0 Å². The van der Waals surface area contributed by atoms with Crippen LogP contribution in [0.4, 0.5) is 0 Å². The molecule has 0 saturated heterocycles. The van der Waals surface area contributed by atoms with Crippen molar-refractivity contribution in [2.75, 3.05) is 13.7 Å². The van der Waals surface area contributed by atoms with E-state index < -0.39 is 18.0 Å². The fourth-order valence-electron chi connectivity index (χ4n) is 6.30. The van der Waals surface area contributed by atoms with Crippen LogP contribution in [0.5, 0.6) is 11.5 Å². The van der Waals surface area contributed by atoms with Crippen molar-refractivity contribution in [1.82, 2.24) is 14.3 Å². The molecule has 3 heterocycles. The molecule has 1 aliphatic rings. The smallest absolute Gasteiger partial charge is 0.338 e. The van der Waals surface area contributed by atoms with Gasteiger partial charge in [0.25, 0.3) is 5.56 Å². The first-order valence-corrected chi connectivity index (χ1v) is 16.6. The summed E-state index contributed by atoms with van der Waals surface area (Å²) >= 11 is 1.23. The number of hydrogen-bond donors (Lipinski definition) is 0. The zero-order valence-electron chi connectivity index (χ0n) is 28.4. The number of ether oxygens (including phenoxy) is 3. The average Bonchev–Trinajstić information content (AvgIpc) is 3.60. The summed E-state index contributed by atoms with van der Waals surface area (Å²) in [5.41, 5.74) is 7.58. The molecule has 0 bridgehead atoms.